The molecule has 0 bridgehead atoms. The number of unbranched alkanes of at least 4 members (excludes halogenated alkanes) is 5. The van der Waals surface area contributed by atoms with Crippen LogP contribution in [0.5, 0.6) is 0 Å². The van der Waals surface area contributed by atoms with Crippen molar-refractivity contribution in [2.24, 2.45) is 0 Å². The van der Waals surface area contributed by atoms with Gasteiger partial charge in [-0.1, -0.05) is 46.0 Å². The summed E-state index contributed by atoms with van der Waals surface area (Å²) in [4.78, 5) is 22.6. The van der Waals surface area contributed by atoms with Gasteiger partial charge < -0.3 is 4.74 Å². The minimum Gasteiger partial charge on any atom is -0.465 e. The smallest absolute Gasteiger partial charge is 0.313 e. The molecule has 0 aromatic carbocycles. The van der Waals surface area contributed by atoms with Gasteiger partial charge >= 0.3 is 5.97 Å². The van der Waals surface area contributed by atoms with Crippen LogP contribution >= 0.6 is 0 Å². The largest absolute Gasteiger partial charge is 0.465 e. The summed E-state index contributed by atoms with van der Waals surface area (Å²) >= 11 is 0. The summed E-state index contributed by atoms with van der Waals surface area (Å²) in [6.07, 6.45) is 7.96. The van der Waals surface area contributed by atoms with Gasteiger partial charge in [0.1, 0.15) is 12.2 Å². The van der Waals surface area contributed by atoms with Crippen LogP contribution in [-0.2, 0) is 14.3 Å². The third kappa shape index (κ3) is 11.4. The Balaban J connectivity index is 3.41. The number of carbonyl (C=O) groups is 2. The van der Waals surface area contributed by atoms with Crippen LogP contribution in [0.15, 0.2) is 0 Å². The summed E-state index contributed by atoms with van der Waals surface area (Å²) in [5.74, 6) is -0.347. The van der Waals surface area contributed by atoms with E-state index in [0.29, 0.717) is 13.0 Å². The Bertz CT molecular complexity index is 212. The van der Waals surface area contributed by atoms with Crippen molar-refractivity contribution in [1.82, 2.24) is 0 Å². The third-order valence-electron chi connectivity index (χ3n) is 2.66. The number of ether oxygens (including phenoxy) is 1. The van der Waals surface area contributed by atoms with Crippen molar-refractivity contribution in [3.05, 3.63) is 0 Å². The van der Waals surface area contributed by atoms with Crippen LogP contribution in [0.1, 0.15) is 71.6 Å². The fraction of sp³-hybridized carbons (Fsp3) is 0.857. The zero-order valence-electron chi connectivity index (χ0n) is 11.3. The van der Waals surface area contributed by atoms with Crippen LogP contribution in [0.3, 0.4) is 0 Å². The topological polar surface area (TPSA) is 43.4 Å². The summed E-state index contributed by atoms with van der Waals surface area (Å²) < 4.78 is 4.94. The summed E-state index contributed by atoms with van der Waals surface area (Å²) in [7, 11) is 0. The van der Waals surface area contributed by atoms with E-state index in [1.165, 1.54) is 19.3 Å². The van der Waals surface area contributed by atoms with E-state index in [9.17, 15) is 9.59 Å². The molecule has 3 nitrogen and oxygen atoms in total. The van der Waals surface area contributed by atoms with Crippen LogP contribution in [0, 0.1) is 0 Å². The van der Waals surface area contributed by atoms with Crippen molar-refractivity contribution in [3.8, 4) is 0 Å². The highest BCUT2D eigenvalue weighted by Crippen LogP contribution is 2.06. The fourth-order valence-corrected chi connectivity index (χ4v) is 1.56. The van der Waals surface area contributed by atoms with Gasteiger partial charge in [0.15, 0.2) is 0 Å². The molecule has 0 heterocycles. The maximum Gasteiger partial charge on any atom is 0.313 e. The monoisotopic (exact) mass is 242 g/mol. The van der Waals surface area contributed by atoms with Crippen molar-refractivity contribution in [2.75, 3.05) is 6.61 Å². The van der Waals surface area contributed by atoms with Crippen molar-refractivity contribution < 1.29 is 14.3 Å². The molecule has 0 saturated carbocycles. The molecule has 0 fully saturated rings. The predicted molar refractivity (Wildman–Crippen MR) is 68.9 cm³/mol. The van der Waals surface area contributed by atoms with E-state index >= 15 is 0 Å². The van der Waals surface area contributed by atoms with Gasteiger partial charge in [0.25, 0.3) is 0 Å². The SMILES string of the molecule is CCCCCCCC(=O)CC(=O)OCCCC. The van der Waals surface area contributed by atoms with Gasteiger partial charge in [0.2, 0.25) is 0 Å². The van der Waals surface area contributed by atoms with Gasteiger partial charge in [0, 0.05) is 6.42 Å². The quantitative estimate of drug-likeness (QED) is 0.315. The molecular formula is C14H26O3. The lowest BCUT2D eigenvalue weighted by Crippen LogP contribution is -2.11. The molecule has 0 unspecified atom stereocenters. The second-order valence-corrected chi connectivity index (χ2v) is 4.45. The molecule has 0 atom stereocenters. The molecule has 3 heteroatoms. The molecule has 0 aromatic heterocycles. The lowest BCUT2D eigenvalue weighted by molar-refractivity contribution is -0.146. The first kappa shape index (κ1) is 16.1. The number of hydrogen-bond acceptors (Lipinski definition) is 3. The molecular weight excluding hydrogens is 216 g/mol. The van der Waals surface area contributed by atoms with E-state index in [-0.39, 0.29) is 18.2 Å². The maximum atomic E-state index is 11.4. The molecule has 0 spiro atoms. The summed E-state index contributed by atoms with van der Waals surface area (Å²) in [5, 5.41) is 0. The number of Topliss-reactive ketones (excluding diaryl/α,β-unsaturated/α-hetero) is 1. The lowest BCUT2D eigenvalue weighted by atomic mass is 10.1. The first-order chi connectivity index (χ1) is 8.20. The molecule has 0 amide bonds. The van der Waals surface area contributed by atoms with Gasteiger partial charge in [0.05, 0.1) is 6.61 Å². The zero-order chi connectivity index (χ0) is 12.9. The Kier molecular flexibility index (Phi) is 11.0. The normalized spacial score (nSPS) is 10.2. The number of hydrogen-bond donors (Lipinski definition) is 0. The first-order valence-electron chi connectivity index (χ1n) is 6.88. The van der Waals surface area contributed by atoms with Gasteiger partial charge in [-0.3, -0.25) is 9.59 Å². The number of esters is 1. The van der Waals surface area contributed by atoms with Crippen LogP contribution < -0.4 is 0 Å². The molecule has 0 aliphatic heterocycles. The van der Waals surface area contributed by atoms with E-state index < -0.39 is 0 Å². The van der Waals surface area contributed by atoms with E-state index in [2.05, 4.69) is 6.92 Å². The highest BCUT2D eigenvalue weighted by atomic mass is 16.5. The predicted octanol–water partition coefficient (Wildman–Crippen LogP) is 3.65. The molecule has 0 aromatic rings. The third-order valence-corrected chi connectivity index (χ3v) is 2.66. The summed E-state index contributed by atoms with van der Waals surface area (Å²) in [5.41, 5.74) is 0. The van der Waals surface area contributed by atoms with Gasteiger partial charge in [-0.05, 0) is 12.8 Å². The van der Waals surface area contributed by atoms with Crippen LogP contribution in [0.25, 0.3) is 0 Å². The molecule has 0 rings (SSSR count). The molecule has 0 aliphatic carbocycles. The highest BCUT2D eigenvalue weighted by Gasteiger charge is 2.09. The van der Waals surface area contributed by atoms with Crippen LogP contribution in [-0.4, -0.2) is 18.4 Å². The average Bonchev–Trinajstić information content (AvgIpc) is 2.29. The van der Waals surface area contributed by atoms with E-state index in [1.54, 1.807) is 0 Å². The van der Waals surface area contributed by atoms with Crippen molar-refractivity contribution in [1.29, 1.82) is 0 Å². The zero-order valence-corrected chi connectivity index (χ0v) is 11.3. The number of ketones is 1. The van der Waals surface area contributed by atoms with Crippen LogP contribution in [0.2, 0.25) is 0 Å². The molecule has 0 aliphatic rings. The van der Waals surface area contributed by atoms with E-state index in [0.717, 1.165) is 25.7 Å². The minimum atomic E-state index is -0.364. The molecule has 0 radical (unpaired) electrons. The Morgan fingerprint density at radius 1 is 0.882 bits per heavy atom. The Hall–Kier alpha value is -0.860. The van der Waals surface area contributed by atoms with Crippen molar-refractivity contribution >= 4 is 11.8 Å². The van der Waals surface area contributed by atoms with Gasteiger partial charge in [-0.2, -0.15) is 0 Å². The molecule has 17 heavy (non-hydrogen) atoms. The van der Waals surface area contributed by atoms with Crippen molar-refractivity contribution in [2.45, 2.75) is 71.6 Å². The van der Waals surface area contributed by atoms with E-state index in [1.807, 2.05) is 6.92 Å². The molecule has 0 saturated heterocycles. The van der Waals surface area contributed by atoms with Crippen LogP contribution in [0.4, 0.5) is 0 Å². The average molecular weight is 242 g/mol. The minimum absolute atomic E-state index is 0.0167. The molecule has 100 valence electrons. The lowest BCUT2D eigenvalue weighted by Gasteiger charge is -2.03. The Labute approximate surface area is 105 Å². The number of rotatable bonds is 11. The summed E-state index contributed by atoms with van der Waals surface area (Å²) in [6, 6.07) is 0. The Morgan fingerprint density at radius 2 is 1.53 bits per heavy atom. The fourth-order valence-electron chi connectivity index (χ4n) is 1.56. The first-order valence-corrected chi connectivity index (χ1v) is 6.88. The second kappa shape index (κ2) is 11.6. The molecule has 0 N–H and O–H groups in total. The van der Waals surface area contributed by atoms with Gasteiger partial charge in [-0.15, -0.1) is 0 Å². The van der Waals surface area contributed by atoms with Crippen molar-refractivity contribution in [3.63, 3.8) is 0 Å². The highest BCUT2D eigenvalue weighted by molar-refractivity contribution is 5.95. The summed E-state index contributed by atoms with van der Waals surface area (Å²) in [6.45, 7) is 4.64. The standard InChI is InChI=1S/C14H26O3/c1-3-5-7-8-9-10-13(15)12-14(16)17-11-6-4-2/h3-12H2,1-2H3. The second-order valence-electron chi connectivity index (χ2n) is 4.45. The van der Waals surface area contributed by atoms with E-state index in [4.69, 9.17) is 4.74 Å². The number of carbonyl (C=O) groups excluding carboxylic acids is 2. The Morgan fingerprint density at radius 3 is 2.18 bits per heavy atom. The maximum absolute atomic E-state index is 11.4. The van der Waals surface area contributed by atoms with Gasteiger partial charge in [-0.25, -0.2) is 0 Å².